The van der Waals surface area contributed by atoms with Crippen LogP contribution in [0.3, 0.4) is 0 Å². The van der Waals surface area contributed by atoms with E-state index in [1.54, 1.807) is 0 Å². The Labute approximate surface area is 121 Å². The Morgan fingerprint density at radius 3 is 2.35 bits per heavy atom. The highest BCUT2D eigenvalue weighted by Gasteiger charge is 2.27. The third-order valence-electron chi connectivity index (χ3n) is 2.45. The molecule has 0 aromatic carbocycles. The molecule has 0 radical (unpaired) electrons. The smallest absolute Gasteiger partial charge is 0.322 e. The minimum Gasteiger partial charge on any atom is -0.480 e. The van der Waals surface area contributed by atoms with Gasteiger partial charge in [-0.3, -0.25) is 14.4 Å². The number of aliphatic carboxylic acids is 1. The van der Waals surface area contributed by atoms with Gasteiger partial charge in [0.25, 0.3) is 0 Å². The summed E-state index contributed by atoms with van der Waals surface area (Å²) >= 11 is 1.54. The lowest BCUT2D eigenvalue weighted by molar-refractivity contribution is -0.139. The molecule has 2 amide bonds. The Morgan fingerprint density at radius 2 is 1.90 bits per heavy atom. The van der Waals surface area contributed by atoms with Crippen LogP contribution in [0.15, 0.2) is 0 Å². The standard InChI is InChI=1S/C11H21N3O5S/c1-6(15)9(11(19)13-5-8(16)17)14-10(18)7(12)3-4-20-2/h6-7,9,15H,3-5,12H2,1-2H3,(H,13,19)(H,14,18)(H,16,17)/t6-,7+,9+/m1/s1. The van der Waals surface area contributed by atoms with Crippen molar-refractivity contribution < 1.29 is 24.6 Å². The van der Waals surface area contributed by atoms with Crippen molar-refractivity contribution in [2.75, 3.05) is 18.6 Å². The van der Waals surface area contributed by atoms with E-state index in [9.17, 15) is 19.5 Å². The van der Waals surface area contributed by atoms with Gasteiger partial charge in [-0.1, -0.05) is 0 Å². The number of hydrogen-bond acceptors (Lipinski definition) is 6. The Hall–Kier alpha value is -1.32. The summed E-state index contributed by atoms with van der Waals surface area (Å²) in [6.45, 7) is 0.731. The number of thioether (sulfide) groups is 1. The minimum atomic E-state index is -1.23. The second-order valence-electron chi connectivity index (χ2n) is 4.23. The van der Waals surface area contributed by atoms with Crippen LogP contribution < -0.4 is 16.4 Å². The lowest BCUT2D eigenvalue weighted by Gasteiger charge is -2.22. The van der Waals surface area contributed by atoms with E-state index in [-0.39, 0.29) is 0 Å². The zero-order valence-electron chi connectivity index (χ0n) is 11.5. The number of carbonyl (C=O) groups excluding carboxylic acids is 2. The fraction of sp³-hybridized carbons (Fsp3) is 0.727. The number of amides is 2. The van der Waals surface area contributed by atoms with Crippen molar-refractivity contribution in [3.8, 4) is 0 Å². The van der Waals surface area contributed by atoms with Gasteiger partial charge < -0.3 is 26.6 Å². The number of carboxylic acid groups (broad SMARTS) is 1. The maximum absolute atomic E-state index is 11.8. The second kappa shape index (κ2) is 9.56. The number of carboxylic acids is 1. The van der Waals surface area contributed by atoms with Gasteiger partial charge in [0.1, 0.15) is 12.6 Å². The van der Waals surface area contributed by atoms with Gasteiger partial charge in [-0.05, 0) is 25.4 Å². The molecule has 6 N–H and O–H groups in total. The third-order valence-corrected chi connectivity index (χ3v) is 3.09. The first-order valence-corrected chi connectivity index (χ1v) is 7.41. The Kier molecular flexibility index (Phi) is 8.93. The minimum absolute atomic E-state index is 0.441. The van der Waals surface area contributed by atoms with Crippen LogP contribution in [-0.4, -0.2) is 64.7 Å². The van der Waals surface area contributed by atoms with Crippen molar-refractivity contribution in [3.63, 3.8) is 0 Å². The summed E-state index contributed by atoms with van der Waals surface area (Å²) in [5, 5.41) is 22.4. The van der Waals surface area contributed by atoms with E-state index in [0.717, 1.165) is 0 Å². The molecule has 0 spiro atoms. The molecule has 20 heavy (non-hydrogen) atoms. The van der Waals surface area contributed by atoms with Gasteiger partial charge in [-0.2, -0.15) is 11.8 Å². The van der Waals surface area contributed by atoms with Gasteiger partial charge in [0.05, 0.1) is 12.1 Å². The van der Waals surface area contributed by atoms with Crippen molar-refractivity contribution >= 4 is 29.5 Å². The monoisotopic (exact) mass is 307 g/mol. The molecule has 8 nitrogen and oxygen atoms in total. The normalized spacial score (nSPS) is 15.0. The molecule has 0 bridgehead atoms. The van der Waals surface area contributed by atoms with E-state index in [1.807, 2.05) is 6.26 Å². The number of aliphatic hydroxyl groups is 1. The Morgan fingerprint density at radius 1 is 1.30 bits per heavy atom. The number of carbonyl (C=O) groups is 3. The topological polar surface area (TPSA) is 142 Å². The zero-order chi connectivity index (χ0) is 15.7. The molecule has 0 aliphatic rings. The van der Waals surface area contributed by atoms with Crippen LogP contribution >= 0.6 is 11.8 Å². The van der Waals surface area contributed by atoms with Gasteiger partial charge in [0, 0.05) is 0 Å². The molecule has 0 heterocycles. The molecule has 0 rings (SSSR count). The fourth-order valence-corrected chi connectivity index (χ4v) is 1.80. The van der Waals surface area contributed by atoms with Crippen LogP contribution in [0.1, 0.15) is 13.3 Å². The predicted molar refractivity (Wildman–Crippen MR) is 75.2 cm³/mol. The molecule has 0 aliphatic heterocycles. The number of hydrogen-bond donors (Lipinski definition) is 5. The molecule has 0 saturated carbocycles. The fourth-order valence-electron chi connectivity index (χ4n) is 1.31. The molecule has 0 saturated heterocycles. The first kappa shape index (κ1) is 18.7. The molecule has 0 aromatic heterocycles. The zero-order valence-corrected chi connectivity index (χ0v) is 12.3. The summed E-state index contributed by atoms with van der Waals surface area (Å²) in [5.41, 5.74) is 5.64. The number of nitrogens with one attached hydrogen (secondary N) is 2. The first-order chi connectivity index (χ1) is 9.29. The van der Waals surface area contributed by atoms with Gasteiger partial charge in [0.2, 0.25) is 11.8 Å². The molecule has 0 unspecified atom stereocenters. The summed E-state index contributed by atoms with van der Waals surface area (Å²) in [5.74, 6) is -1.85. The van der Waals surface area contributed by atoms with E-state index < -0.39 is 42.5 Å². The number of nitrogens with two attached hydrogens (primary N) is 1. The van der Waals surface area contributed by atoms with Crippen LogP contribution in [0.4, 0.5) is 0 Å². The molecular formula is C11H21N3O5S. The summed E-state index contributed by atoms with van der Waals surface area (Å²) < 4.78 is 0. The van der Waals surface area contributed by atoms with E-state index in [4.69, 9.17) is 10.8 Å². The van der Waals surface area contributed by atoms with Gasteiger partial charge >= 0.3 is 5.97 Å². The largest absolute Gasteiger partial charge is 0.480 e. The highest BCUT2D eigenvalue weighted by atomic mass is 32.2. The quantitative estimate of drug-likeness (QED) is 0.336. The number of aliphatic hydroxyl groups excluding tert-OH is 1. The van der Waals surface area contributed by atoms with Crippen molar-refractivity contribution in [2.24, 2.45) is 5.73 Å². The van der Waals surface area contributed by atoms with E-state index >= 15 is 0 Å². The Bertz CT molecular complexity index is 351. The Balaban J connectivity index is 4.49. The molecule has 9 heteroatoms. The van der Waals surface area contributed by atoms with Crippen LogP contribution in [-0.2, 0) is 14.4 Å². The summed E-state index contributed by atoms with van der Waals surface area (Å²) in [4.78, 5) is 33.8. The van der Waals surface area contributed by atoms with Crippen LogP contribution in [0, 0.1) is 0 Å². The third kappa shape index (κ3) is 7.31. The van der Waals surface area contributed by atoms with Crippen molar-refractivity contribution in [3.05, 3.63) is 0 Å². The van der Waals surface area contributed by atoms with Gasteiger partial charge in [-0.25, -0.2) is 0 Å². The van der Waals surface area contributed by atoms with Crippen LogP contribution in [0.25, 0.3) is 0 Å². The van der Waals surface area contributed by atoms with Crippen molar-refractivity contribution in [2.45, 2.75) is 31.5 Å². The molecule has 3 atom stereocenters. The maximum Gasteiger partial charge on any atom is 0.322 e. The lowest BCUT2D eigenvalue weighted by Crippen LogP contribution is -2.56. The highest BCUT2D eigenvalue weighted by Crippen LogP contribution is 2.00. The predicted octanol–water partition coefficient (Wildman–Crippen LogP) is -1.87. The molecule has 0 aromatic rings. The first-order valence-electron chi connectivity index (χ1n) is 6.02. The average Bonchev–Trinajstić information content (AvgIpc) is 2.38. The van der Waals surface area contributed by atoms with Gasteiger partial charge in [-0.15, -0.1) is 0 Å². The number of rotatable bonds is 9. The van der Waals surface area contributed by atoms with Gasteiger partial charge in [0.15, 0.2) is 0 Å². The highest BCUT2D eigenvalue weighted by molar-refractivity contribution is 7.98. The lowest BCUT2D eigenvalue weighted by atomic mass is 10.1. The molecule has 116 valence electrons. The van der Waals surface area contributed by atoms with E-state index in [2.05, 4.69) is 10.6 Å². The van der Waals surface area contributed by atoms with Crippen molar-refractivity contribution in [1.29, 1.82) is 0 Å². The average molecular weight is 307 g/mol. The van der Waals surface area contributed by atoms with E-state index in [1.165, 1.54) is 18.7 Å². The van der Waals surface area contributed by atoms with Crippen LogP contribution in [0.2, 0.25) is 0 Å². The maximum atomic E-state index is 11.8. The van der Waals surface area contributed by atoms with E-state index in [0.29, 0.717) is 12.2 Å². The molecule has 0 aliphatic carbocycles. The molecular weight excluding hydrogens is 286 g/mol. The summed E-state index contributed by atoms with van der Waals surface area (Å²) in [6, 6.07) is -2.02. The SMILES string of the molecule is CSCC[C@H](N)C(=O)N[C@H](C(=O)NCC(=O)O)[C@@H](C)O. The second-order valence-corrected chi connectivity index (χ2v) is 5.21. The van der Waals surface area contributed by atoms with Crippen molar-refractivity contribution in [1.82, 2.24) is 10.6 Å². The summed E-state index contributed by atoms with van der Waals surface area (Å²) in [6.07, 6.45) is 1.15. The van der Waals surface area contributed by atoms with Crippen LogP contribution in [0.5, 0.6) is 0 Å². The molecule has 0 fully saturated rings. The summed E-state index contributed by atoms with van der Waals surface area (Å²) in [7, 11) is 0.